The summed E-state index contributed by atoms with van der Waals surface area (Å²) in [5.41, 5.74) is 6.45. The Hall–Kier alpha value is -2.74. The Labute approximate surface area is 189 Å². The van der Waals surface area contributed by atoms with E-state index in [9.17, 15) is 9.59 Å². The van der Waals surface area contributed by atoms with Gasteiger partial charge < -0.3 is 16.0 Å². The number of primary amides is 1. The Balaban J connectivity index is 1.46. The van der Waals surface area contributed by atoms with E-state index < -0.39 is 11.9 Å². The van der Waals surface area contributed by atoms with E-state index in [0.717, 1.165) is 49.9 Å². The minimum absolute atomic E-state index is 0.0372. The molecule has 1 saturated carbocycles. The lowest BCUT2D eigenvalue weighted by molar-refractivity contribution is -0.137. The van der Waals surface area contributed by atoms with Crippen LogP contribution in [-0.2, 0) is 16.1 Å². The van der Waals surface area contributed by atoms with E-state index in [-0.39, 0.29) is 11.8 Å². The standard InChI is InChI=1S/C24H34N6O2/c1-16(2)21(22(25)31)28-23-18-9-5-6-10-19(18)26-20(27-23)15-29-11-13-30(14-12-29)24(32)17-7-3-4-8-17/h5-6,9-10,16-17,21H,3-4,7-8,11-15H2,1-2H3,(H2,25,31)(H,26,27,28)/t21-/m0/s1. The normalized spacial score (nSPS) is 18.9. The molecule has 1 saturated heterocycles. The number of nitrogens with zero attached hydrogens (tertiary/aromatic N) is 4. The summed E-state index contributed by atoms with van der Waals surface area (Å²) in [7, 11) is 0. The molecule has 32 heavy (non-hydrogen) atoms. The Kier molecular flexibility index (Phi) is 6.89. The van der Waals surface area contributed by atoms with Crippen LogP contribution in [0.3, 0.4) is 0 Å². The predicted octanol–water partition coefficient (Wildman–Crippen LogP) is 2.39. The molecule has 8 heteroatoms. The zero-order valence-corrected chi connectivity index (χ0v) is 19.1. The molecule has 172 valence electrons. The van der Waals surface area contributed by atoms with Crippen LogP contribution in [0.2, 0.25) is 0 Å². The van der Waals surface area contributed by atoms with Gasteiger partial charge in [-0.15, -0.1) is 0 Å². The van der Waals surface area contributed by atoms with Crippen molar-refractivity contribution >= 4 is 28.5 Å². The molecule has 4 rings (SSSR count). The zero-order valence-electron chi connectivity index (χ0n) is 19.1. The van der Waals surface area contributed by atoms with Crippen LogP contribution in [0, 0.1) is 11.8 Å². The summed E-state index contributed by atoms with van der Waals surface area (Å²) in [5, 5.41) is 4.13. The quantitative estimate of drug-likeness (QED) is 0.688. The largest absolute Gasteiger partial charge is 0.368 e. The van der Waals surface area contributed by atoms with Crippen LogP contribution in [0.4, 0.5) is 5.82 Å². The molecular formula is C24H34N6O2. The monoisotopic (exact) mass is 438 g/mol. The number of nitrogens with one attached hydrogen (secondary N) is 1. The van der Waals surface area contributed by atoms with Gasteiger partial charge in [-0.1, -0.05) is 38.8 Å². The van der Waals surface area contributed by atoms with Gasteiger partial charge in [-0.3, -0.25) is 14.5 Å². The average molecular weight is 439 g/mol. The molecule has 0 radical (unpaired) electrons. The second-order valence-electron chi connectivity index (χ2n) is 9.36. The third-order valence-corrected chi connectivity index (χ3v) is 6.67. The number of nitrogens with two attached hydrogens (primary N) is 1. The summed E-state index contributed by atoms with van der Waals surface area (Å²) < 4.78 is 0. The fourth-order valence-electron chi connectivity index (χ4n) is 4.78. The Morgan fingerprint density at radius 3 is 2.44 bits per heavy atom. The van der Waals surface area contributed by atoms with Crippen molar-refractivity contribution in [3.63, 3.8) is 0 Å². The number of carbonyl (C=O) groups is 2. The van der Waals surface area contributed by atoms with Gasteiger partial charge in [0.05, 0.1) is 12.1 Å². The molecule has 1 atom stereocenters. The van der Waals surface area contributed by atoms with Gasteiger partial charge in [0.15, 0.2) is 0 Å². The van der Waals surface area contributed by atoms with Crippen LogP contribution >= 0.6 is 0 Å². The summed E-state index contributed by atoms with van der Waals surface area (Å²) in [6.07, 6.45) is 4.45. The van der Waals surface area contributed by atoms with Gasteiger partial charge in [-0.2, -0.15) is 0 Å². The van der Waals surface area contributed by atoms with Gasteiger partial charge >= 0.3 is 0 Å². The number of carbonyl (C=O) groups excluding carboxylic acids is 2. The summed E-state index contributed by atoms with van der Waals surface area (Å²) in [6.45, 7) is 7.66. The van der Waals surface area contributed by atoms with Crippen molar-refractivity contribution in [3.05, 3.63) is 30.1 Å². The molecule has 0 unspecified atom stereocenters. The second kappa shape index (κ2) is 9.81. The minimum atomic E-state index is -0.508. The molecule has 0 bridgehead atoms. The third-order valence-electron chi connectivity index (χ3n) is 6.67. The van der Waals surface area contributed by atoms with Crippen molar-refractivity contribution in [1.82, 2.24) is 19.8 Å². The lowest BCUT2D eigenvalue weighted by atomic mass is 10.0. The van der Waals surface area contributed by atoms with Crippen LogP contribution in [0.1, 0.15) is 45.4 Å². The first-order valence-corrected chi connectivity index (χ1v) is 11.7. The number of anilines is 1. The summed E-state index contributed by atoms with van der Waals surface area (Å²) >= 11 is 0. The highest BCUT2D eigenvalue weighted by atomic mass is 16.2. The van der Waals surface area contributed by atoms with Crippen molar-refractivity contribution < 1.29 is 9.59 Å². The molecule has 2 fully saturated rings. The molecular weight excluding hydrogens is 404 g/mol. The first kappa shape index (κ1) is 22.5. The maximum absolute atomic E-state index is 12.7. The van der Waals surface area contributed by atoms with Crippen molar-refractivity contribution in [3.8, 4) is 0 Å². The number of benzene rings is 1. The van der Waals surface area contributed by atoms with Gasteiger partial charge in [0.2, 0.25) is 11.8 Å². The Bertz CT molecular complexity index is 964. The van der Waals surface area contributed by atoms with Crippen molar-refractivity contribution in [2.75, 3.05) is 31.5 Å². The van der Waals surface area contributed by atoms with Gasteiger partial charge in [0, 0.05) is 37.5 Å². The number of piperazine rings is 1. The van der Waals surface area contributed by atoms with Crippen LogP contribution < -0.4 is 11.1 Å². The SMILES string of the molecule is CC(C)[C@H](Nc1nc(CN2CCN(C(=O)C3CCCC3)CC2)nc2ccccc12)C(N)=O. The highest BCUT2D eigenvalue weighted by Gasteiger charge is 2.29. The average Bonchev–Trinajstić information content (AvgIpc) is 3.32. The summed E-state index contributed by atoms with van der Waals surface area (Å²) in [6, 6.07) is 7.29. The highest BCUT2D eigenvalue weighted by Crippen LogP contribution is 2.27. The fourth-order valence-corrected chi connectivity index (χ4v) is 4.78. The van der Waals surface area contributed by atoms with E-state index in [1.807, 2.05) is 43.0 Å². The van der Waals surface area contributed by atoms with E-state index in [2.05, 4.69) is 10.2 Å². The van der Waals surface area contributed by atoms with Gasteiger partial charge in [-0.25, -0.2) is 9.97 Å². The molecule has 3 N–H and O–H groups in total. The molecule has 2 amide bonds. The molecule has 0 spiro atoms. The molecule has 1 aliphatic carbocycles. The fraction of sp³-hybridized carbons (Fsp3) is 0.583. The molecule has 2 heterocycles. The maximum atomic E-state index is 12.7. The smallest absolute Gasteiger partial charge is 0.240 e. The van der Waals surface area contributed by atoms with Crippen molar-refractivity contribution in [1.29, 1.82) is 0 Å². The number of aromatic nitrogens is 2. The Morgan fingerprint density at radius 1 is 1.09 bits per heavy atom. The summed E-state index contributed by atoms with van der Waals surface area (Å²) in [4.78, 5) is 38.5. The van der Waals surface area contributed by atoms with Gasteiger partial charge in [-0.05, 0) is 30.9 Å². The van der Waals surface area contributed by atoms with E-state index in [1.165, 1.54) is 12.8 Å². The first-order chi connectivity index (χ1) is 15.4. The number of hydrogen-bond acceptors (Lipinski definition) is 6. The van der Waals surface area contributed by atoms with Crippen LogP contribution in [0.5, 0.6) is 0 Å². The van der Waals surface area contributed by atoms with Crippen LogP contribution in [0.25, 0.3) is 10.9 Å². The molecule has 1 aromatic carbocycles. The number of rotatable bonds is 7. The number of fused-ring (bicyclic) bond motifs is 1. The molecule has 2 aromatic rings. The van der Waals surface area contributed by atoms with Gasteiger partial charge in [0.1, 0.15) is 17.7 Å². The van der Waals surface area contributed by atoms with E-state index in [0.29, 0.717) is 24.1 Å². The third kappa shape index (κ3) is 5.01. The molecule has 1 aromatic heterocycles. The van der Waals surface area contributed by atoms with Gasteiger partial charge in [0.25, 0.3) is 0 Å². The number of hydrogen-bond donors (Lipinski definition) is 2. The predicted molar refractivity (Wildman–Crippen MR) is 125 cm³/mol. The maximum Gasteiger partial charge on any atom is 0.240 e. The Morgan fingerprint density at radius 2 is 1.78 bits per heavy atom. The van der Waals surface area contributed by atoms with Crippen LogP contribution in [0.15, 0.2) is 24.3 Å². The van der Waals surface area contributed by atoms with E-state index in [4.69, 9.17) is 15.7 Å². The van der Waals surface area contributed by atoms with Crippen LogP contribution in [-0.4, -0.2) is 63.8 Å². The first-order valence-electron chi connectivity index (χ1n) is 11.7. The lowest BCUT2D eigenvalue weighted by Gasteiger charge is -2.35. The van der Waals surface area contributed by atoms with Crippen molar-refractivity contribution in [2.45, 2.75) is 52.1 Å². The lowest BCUT2D eigenvalue weighted by Crippen LogP contribution is -2.49. The zero-order chi connectivity index (χ0) is 22.7. The molecule has 1 aliphatic heterocycles. The topological polar surface area (TPSA) is 104 Å². The number of para-hydroxylation sites is 1. The minimum Gasteiger partial charge on any atom is -0.368 e. The van der Waals surface area contributed by atoms with Crippen molar-refractivity contribution in [2.24, 2.45) is 17.6 Å². The summed E-state index contributed by atoms with van der Waals surface area (Å²) in [5.74, 6) is 1.55. The highest BCUT2D eigenvalue weighted by molar-refractivity contribution is 5.92. The number of amides is 2. The van der Waals surface area contributed by atoms with E-state index >= 15 is 0 Å². The van der Waals surface area contributed by atoms with E-state index in [1.54, 1.807) is 0 Å². The molecule has 8 nitrogen and oxygen atoms in total. The second-order valence-corrected chi connectivity index (χ2v) is 9.36. The molecule has 2 aliphatic rings.